The molecular weight excluding hydrogens is 216 g/mol. The minimum absolute atomic E-state index is 0.0296. The Labute approximate surface area is 89.8 Å². The van der Waals surface area contributed by atoms with E-state index in [1.54, 1.807) is 0 Å². The zero-order valence-corrected chi connectivity index (χ0v) is 9.42. The summed E-state index contributed by atoms with van der Waals surface area (Å²) in [6.07, 6.45) is 4.65. The van der Waals surface area contributed by atoms with Crippen molar-refractivity contribution < 1.29 is 17.8 Å². The molecule has 5 heteroatoms. The second-order valence-corrected chi connectivity index (χ2v) is 6.41. The topological polar surface area (TPSA) is 71.4 Å². The Kier molecular flexibility index (Phi) is 2.63. The van der Waals surface area contributed by atoms with Gasteiger partial charge in [0.15, 0.2) is 0 Å². The van der Waals surface area contributed by atoms with Crippen LogP contribution in [0.25, 0.3) is 0 Å². The van der Waals surface area contributed by atoms with E-state index in [0.717, 1.165) is 19.3 Å². The van der Waals surface area contributed by atoms with Crippen molar-refractivity contribution in [2.75, 3.05) is 5.75 Å². The van der Waals surface area contributed by atoms with Crippen LogP contribution >= 0.6 is 0 Å². The highest BCUT2D eigenvalue weighted by Crippen LogP contribution is 2.51. The van der Waals surface area contributed by atoms with Crippen LogP contribution in [0.15, 0.2) is 0 Å². The zero-order valence-electron chi connectivity index (χ0n) is 8.61. The fraction of sp³-hybridized carbons (Fsp3) is 0.900. The van der Waals surface area contributed by atoms with Crippen LogP contribution in [-0.2, 0) is 14.9 Å². The SMILES string of the molecule is O=C1CCC(CS(=O)(=O)O)CC12CCC2. The number of rotatable bonds is 2. The van der Waals surface area contributed by atoms with E-state index in [0.29, 0.717) is 25.0 Å². The Morgan fingerprint density at radius 2 is 2.07 bits per heavy atom. The molecule has 86 valence electrons. The molecule has 0 aromatic rings. The number of hydrogen-bond donors (Lipinski definition) is 1. The summed E-state index contributed by atoms with van der Waals surface area (Å²) in [5.74, 6) is 0.0977. The van der Waals surface area contributed by atoms with Gasteiger partial charge in [-0.25, -0.2) is 0 Å². The molecule has 2 fully saturated rings. The van der Waals surface area contributed by atoms with Gasteiger partial charge in [-0.05, 0) is 31.6 Å². The van der Waals surface area contributed by atoms with Crippen molar-refractivity contribution in [1.82, 2.24) is 0 Å². The van der Waals surface area contributed by atoms with Crippen LogP contribution < -0.4 is 0 Å². The van der Waals surface area contributed by atoms with Crippen molar-refractivity contribution in [1.29, 1.82) is 0 Å². The monoisotopic (exact) mass is 232 g/mol. The number of Topliss-reactive ketones (excluding diaryl/α,β-unsaturated/α-hetero) is 1. The van der Waals surface area contributed by atoms with Gasteiger partial charge in [0.1, 0.15) is 5.78 Å². The molecule has 0 amide bonds. The molecule has 1 N–H and O–H groups in total. The summed E-state index contributed by atoms with van der Waals surface area (Å²) in [5.41, 5.74) is -0.215. The smallest absolute Gasteiger partial charge is 0.265 e. The molecule has 1 spiro atoms. The van der Waals surface area contributed by atoms with E-state index in [1.807, 2.05) is 0 Å². The molecule has 0 bridgehead atoms. The van der Waals surface area contributed by atoms with Crippen LogP contribution in [0, 0.1) is 11.3 Å². The molecule has 0 saturated heterocycles. The number of carbonyl (C=O) groups excluding carboxylic acids is 1. The van der Waals surface area contributed by atoms with E-state index in [-0.39, 0.29) is 17.1 Å². The molecule has 2 aliphatic carbocycles. The zero-order chi connectivity index (χ0) is 11.1. The summed E-state index contributed by atoms with van der Waals surface area (Å²) in [6.45, 7) is 0. The summed E-state index contributed by atoms with van der Waals surface area (Å²) in [6, 6.07) is 0. The highest BCUT2D eigenvalue weighted by atomic mass is 32.2. The molecule has 15 heavy (non-hydrogen) atoms. The van der Waals surface area contributed by atoms with Gasteiger partial charge in [-0.2, -0.15) is 8.42 Å². The summed E-state index contributed by atoms with van der Waals surface area (Å²) in [4.78, 5) is 11.7. The third-order valence-electron chi connectivity index (χ3n) is 3.81. The molecule has 2 rings (SSSR count). The minimum atomic E-state index is -3.89. The van der Waals surface area contributed by atoms with Gasteiger partial charge in [0.05, 0.1) is 5.75 Å². The number of ketones is 1. The fourth-order valence-corrected chi connectivity index (χ4v) is 3.78. The third-order valence-corrected chi connectivity index (χ3v) is 4.70. The standard InChI is InChI=1S/C10H16O4S/c11-9-3-2-8(7-15(12,13)14)6-10(9)4-1-5-10/h8H,1-7H2,(H,12,13,14). The largest absolute Gasteiger partial charge is 0.299 e. The fourth-order valence-electron chi connectivity index (χ4n) is 2.90. The predicted molar refractivity (Wildman–Crippen MR) is 55.0 cm³/mol. The highest BCUT2D eigenvalue weighted by Gasteiger charge is 2.47. The Hall–Kier alpha value is -0.420. The van der Waals surface area contributed by atoms with Gasteiger partial charge in [-0.1, -0.05) is 6.42 Å². The first kappa shape index (κ1) is 11.1. The first-order chi connectivity index (χ1) is 6.91. The minimum Gasteiger partial charge on any atom is -0.299 e. The van der Waals surface area contributed by atoms with Gasteiger partial charge in [-0.15, -0.1) is 0 Å². The lowest BCUT2D eigenvalue weighted by molar-refractivity contribution is -0.138. The Bertz CT molecular complexity index is 367. The van der Waals surface area contributed by atoms with Crippen molar-refractivity contribution in [3.05, 3.63) is 0 Å². The summed E-state index contributed by atoms with van der Waals surface area (Å²) in [7, 11) is -3.89. The molecule has 1 atom stereocenters. The molecule has 2 aliphatic rings. The van der Waals surface area contributed by atoms with E-state index < -0.39 is 10.1 Å². The Morgan fingerprint density at radius 1 is 1.40 bits per heavy atom. The van der Waals surface area contributed by atoms with Crippen molar-refractivity contribution in [2.24, 2.45) is 11.3 Å². The molecule has 2 saturated carbocycles. The maximum absolute atomic E-state index is 11.7. The molecule has 0 aromatic carbocycles. The lowest BCUT2D eigenvalue weighted by atomic mass is 9.58. The second kappa shape index (κ2) is 3.56. The van der Waals surface area contributed by atoms with E-state index >= 15 is 0 Å². The van der Waals surface area contributed by atoms with Crippen LogP contribution in [0.1, 0.15) is 38.5 Å². The summed E-state index contributed by atoms with van der Waals surface area (Å²) in [5, 5.41) is 0. The van der Waals surface area contributed by atoms with E-state index in [2.05, 4.69) is 0 Å². The van der Waals surface area contributed by atoms with Crippen molar-refractivity contribution in [3.63, 3.8) is 0 Å². The lowest BCUT2D eigenvalue weighted by Gasteiger charge is -2.45. The first-order valence-electron chi connectivity index (χ1n) is 5.40. The molecule has 0 aromatic heterocycles. The Balaban J connectivity index is 2.03. The normalized spacial score (nSPS) is 30.2. The molecule has 1 unspecified atom stereocenters. The van der Waals surface area contributed by atoms with Crippen LogP contribution in [0.2, 0.25) is 0 Å². The van der Waals surface area contributed by atoms with Gasteiger partial charge in [-0.3, -0.25) is 9.35 Å². The average Bonchev–Trinajstić information content (AvgIpc) is 2.03. The molecular formula is C10H16O4S. The van der Waals surface area contributed by atoms with Crippen molar-refractivity contribution in [2.45, 2.75) is 38.5 Å². The summed E-state index contributed by atoms with van der Waals surface area (Å²) >= 11 is 0. The van der Waals surface area contributed by atoms with E-state index in [1.165, 1.54) is 0 Å². The lowest BCUT2D eigenvalue weighted by Crippen LogP contribution is -2.44. The maximum atomic E-state index is 11.7. The van der Waals surface area contributed by atoms with Gasteiger partial charge in [0.2, 0.25) is 0 Å². The third kappa shape index (κ3) is 2.23. The van der Waals surface area contributed by atoms with Crippen LogP contribution in [0.3, 0.4) is 0 Å². The van der Waals surface area contributed by atoms with Crippen LogP contribution in [0.4, 0.5) is 0 Å². The predicted octanol–water partition coefficient (Wildman–Crippen LogP) is 1.41. The number of hydrogen-bond acceptors (Lipinski definition) is 3. The molecule has 0 heterocycles. The van der Waals surface area contributed by atoms with E-state index in [4.69, 9.17) is 4.55 Å². The quantitative estimate of drug-likeness (QED) is 0.731. The molecule has 4 nitrogen and oxygen atoms in total. The second-order valence-electron chi connectivity index (χ2n) is 4.91. The van der Waals surface area contributed by atoms with Gasteiger partial charge in [0.25, 0.3) is 10.1 Å². The van der Waals surface area contributed by atoms with E-state index in [9.17, 15) is 13.2 Å². The van der Waals surface area contributed by atoms with Crippen molar-refractivity contribution in [3.8, 4) is 0 Å². The van der Waals surface area contributed by atoms with Crippen LogP contribution in [-0.4, -0.2) is 24.5 Å². The highest BCUT2D eigenvalue weighted by molar-refractivity contribution is 7.85. The Morgan fingerprint density at radius 3 is 2.53 bits per heavy atom. The summed E-state index contributed by atoms with van der Waals surface area (Å²) < 4.78 is 30.3. The maximum Gasteiger partial charge on any atom is 0.265 e. The van der Waals surface area contributed by atoms with Gasteiger partial charge in [0, 0.05) is 11.8 Å². The van der Waals surface area contributed by atoms with Crippen molar-refractivity contribution >= 4 is 15.9 Å². The van der Waals surface area contributed by atoms with Crippen LogP contribution in [0.5, 0.6) is 0 Å². The molecule has 0 radical (unpaired) electrons. The average molecular weight is 232 g/mol. The number of carbonyl (C=O) groups is 1. The first-order valence-corrected chi connectivity index (χ1v) is 7.01. The van der Waals surface area contributed by atoms with Gasteiger partial charge < -0.3 is 0 Å². The molecule has 0 aliphatic heterocycles. The van der Waals surface area contributed by atoms with Gasteiger partial charge >= 0.3 is 0 Å².